The molecular formula is C7H10F3N3O. The van der Waals surface area contributed by atoms with E-state index in [-0.39, 0.29) is 18.4 Å². The summed E-state index contributed by atoms with van der Waals surface area (Å²) >= 11 is 0. The molecule has 14 heavy (non-hydrogen) atoms. The van der Waals surface area contributed by atoms with E-state index in [1.807, 2.05) is 0 Å². The molecule has 0 aliphatic heterocycles. The average molecular weight is 209 g/mol. The minimum Gasteiger partial charge on any atom is -0.339 e. The van der Waals surface area contributed by atoms with E-state index in [1.54, 1.807) is 6.92 Å². The molecule has 7 heteroatoms. The van der Waals surface area contributed by atoms with Gasteiger partial charge >= 0.3 is 6.18 Å². The van der Waals surface area contributed by atoms with Gasteiger partial charge in [-0.2, -0.15) is 18.2 Å². The van der Waals surface area contributed by atoms with E-state index < -0.39 is 12.0 Å². The predicted octanol–water partition coefficient (Wildman–Crippen LogP) is 1.54. The summed E-state index contributed by atoms with van der Waals surface area (Å²) in [6.07, 6.45) is -4.00. The molecule has 0 amide bonds. The highest BCUT2D eigenvalue weighted by atomic mass is 19.4. The van der Waals surface area contributed by atoms with Crippen LogP contribution in [0.4, 0.5) is 13.2 Å². The van der Waals surface area contributed by atoms with Crippen LogP contribution < -0.4 is 5.73 Å². The number of hydrogen-bond donors (Lipinski definition) is 1. The van der Waals surface area contributed by atoms with Crippen LogP contribution >= 0.6 is 0 Å². The quantitative estimate of drug-likeness (QED) is 0.820. The van der Waals surface area contributed by atoms with E-state index in [4.69, 9.17) is 5.73 Å². The van der Waals surface area contributed by atoms with Crippen molar-refractivity contribution in [2.45, 2.75) is 25.4 Å². The number of nitrogens with zero attached hydrogens (tertiary/aromatic N) is 2. The Bertz CT molecular complexity index is 293. The third-order valence-electron chi connectivity index (χ3n) is 1.82. The predicted molar refractivity (Wildman–Crippen MR) is 41.4 cm³/mol. The molecule has 1 aromatic rings. The summed E-state index contributed by atoms with van der Waals surface area (Å²) in [7, 11) is 0. The summed E-state index contributed by atoms with van der Waals surface area (Å²) in [6.45, 7) is 1.98. The second-order valence-corrected chi connectivity index (χ2v) is 2.79. The van der Waals surface area contributed by atoms with E-state index in [0.717, 1.165) is 0 Å². The number of aromatic nitrogens is 2. The lowest BCUT2D eigenvalue weighted by Crippen LogP contribution is -2.13. The van der Waals surface area contributed by atoms with Gasteiger partial charge in [-0.3, -0.25) is 0 Å². The second kappa shape index (κ2) is 3.95. The molecular weight excluding hydrogens is 199 g/mol. The van der Waals surface area contributed by atoms with Gasteiger partial charge in [-0.15, -0.1) is 0 Å². The SMILES string of the molecule is CCC(CN)c1nc(C(F)(F)F)no1. The van der Waals surface area contributed by atoms with E-state index in [0.29, 0.717) is 6.42 Å². The van der Waals surface area contributed by atoms with Crippen LogP contribution in [-0.4, -0.2) is 16.7 Å². The van der Waals surface area contributed by atoms with Crippen LogP contribution in [0.2, 0.25) is 0 Å². The number of halogens is 3. The normalized spacial score (nSPS) is 14.4. The lowest BCUT2D eigenvalue weighted by molar-refractivity contribution is -0.146. The minimum absolute atomic E-state index is 0.0534. The van der Waals surface area contributed by atoms with Crippen molar-refractivity contribution in [3.63, 3.8) is 0 Å². The third kappa shape index (κ3) is 2.22. The topological polar surface area (TPSA) is 64.9 Å². The molecule has 0 saturated heterocycles. The smallest absolute Gasteiger partial charge is 0.339 e. The Kier molecular flexibility index (Phi) is 3.10. The zero-order chi connectivity index (χ0) is 10.8. The highest BCUT2D eigenvalue weighted by Crippen LogP contribution is 2.28. The first-order valence-corrected chi connectivity index (χ1v) is 4.09. The number of rotatable bonds is 3. The highest BCUT2D eigenvalue weighted by Gasteiger charge is 2.37. The maximum atomic E-state index is 12.1. The van der Waals surface area contributed by atoms with Crippen molar-refractivity contribution in [2.75, 3.05) is 6.54 Å². The molecule has 1 unspecified atom stereocenters. The molecule has 0 aromatic carbocycles. The van der Waals surface area contributed by atoms with E-state index in [9.17, 15) is 13.2 Å². The maximum Gasteiger partial charge on any atom is 0.455 e. The molecule has 0 aliphatic carbocycles. The van der Waals surface area contributed by atoms with E-state index in [1.165, 1.54) is 0 Å². The maximum absolute atomic E-state index is 12.1. The summed E-state index contributed by atoms with van der Waals surface area (Å²) in [5.41, 5.74) is 5.32. The Morgan fingerprint density at radius 2 is 2.14 bits per heavy atom. The van der Waals surface area contributed by atoms with Crippen LogP contribution in [-0.2, 0) is 6.18 Å². The lowest BCUT2D eigenvalue weighted by atomic mass is 10.1. The van der Waals surface area contributed by atoms with Crippen molar-refractivity contribution < 1.29 is 17.7 Å². The molecule has 2 N–H and O–H groups in total. The van der Waals surface area contributed by atoms with Crippen LogP contribution in [0.3, 0.4) is 0 Å². The third-order valence-corrected chi connectivity index (χ3v) is 1.82. The Hall–Kier alpha value is -1.11. The monoisotopic (exact) mass is 209 g/mol. The zero-order valence-corrected chi connectivity index (χ0v) is 7.51. The first kappa shape index (κ1) is 11.0. The molecule has 0 fully saturated rings. The first-order chi connectivity index (χ1) is 6.49. The molecule has 0 spiro atoms. The van der Waals surface area contributed by atoms with E-state index >= 15 is 0 Å². The molecule has 0 aliphatic rings. The van der Waals surface area contributed by atoms with Gasteiger partial charge in [0, 0.05) is 6.54 Å². The molecule has 1 aromatic heterocycles. The molecule has 1 heterocycles. The van der Waals surface area contributed by atoms with Crippen molar-refractivity contribution in [1.29, 1.82) is 0 Å². The first-order valence-electron chi connectivity index (χ1n) is 4.09. The van der Waals surface area contributed by atoms with Gasteiger partial charge in [-0.05, 0) is 6.42 Å². The molecule has 1 rings (SSSR count). The summed E-state index contributed by atoms with van der Waals surface area (Å²) in [5.74, 6) is -1.61. The van der Waals surface area contributed by atoms with Crippen LogP contribution in [0.1, 0.15) is 31.0 Å². The second-order valence-electron chi connectivity index (χ2n) is 2.79. The Labute approximate surface area is 78.3 Å². The van der Waals surface area contributed by atoms with Gasteiger partial charge in [-0.25, -0.2) is 0 Å². The standard InChI is InChI=1S/C7H10F3N3O/c1-2-4(3-11)5-12-6(13-14-5)7(8,9)10/h4H,2-3,11H2,1H3. The summed E-state index contributed by atoms with van der Waals surface area (Å²) in [6, 6.07) is 0. The van der Waals surface area contributed by atoms with Gasteiger partial charge < -0.3 is 10.3 Å². The molecule has 1 atom stereocenters. The summed E-state index contributed by atoms with van der Waals surface area (Å²) in [4.78, 5) is 3.24. The van der Waals surface area contributed by atoms with Crippen molar-refractivity contribution in [2.24, 2.45) is 5.73 Å². The van der Waals surface area contributed by atoms with Crippen LogP contribution in [0.25, 0.3) is 0 Å². The highest BCUT2D eigenvalue weighted by molar-refractivity contribution is 4.96. The Balaban J connectivity index is 2.87. The van der Waals surface area contributed by atoms with Gasteiger partial charge in [-0.1, -0.05) is 12.1 Å². The zero-order valence-electron chi connectivity index (χ0n) is 7.51. The van der Waals surface area contributed by atoms with Crippen molar-refractivity contribution >= 4 is 0 Å². The van der Waals surface area contributed by atoms with Gasteiger partial charge in [0.15, 0.2) is 0 Å². The van der Waals surface area contributed by atoms with Crippen molar-refractivity contribution in [1.82, 2.24) is 10.1 Å². The number of alkyl halides is 3. The van der Waals surface area contributed by atoms with E-state index in [2.05, 4.69) is 14.7 Å². The lowest BCUT2D eigenvalue weighted by Gasteiger charge is -2.04. The Morgan fingerprint density at radius 3 is 2.50 bits per heavy atom. The van der Waals surface area contributed by atoms with Gasteiger partial charge in [0.2, 0.25) is 5.89 Å². The summed E-state index contributed by atoms with van der Waals surface area (Å²) in [5, 5.41) is 2.84. The van der Waals surface area contributed by atoms with Gasteiger partial charge in [0.1, 0.15) is 0 Å². The Morgan fingerprint density at radius 1 is 1.50 bits per heavy atom. The molecule has 0 saturated carbocycles. The van der Waals surface area contributed by atoms with Gasteiger partial charge in [0.25, 0.3) is 5.82 Å². The molecule has 0 bridgehead atoms. The number of hydrogen-bond acceptors (Lipinski definition) is 4. The average Bonchev–Trinajstić information content (AvgIpc) is 2.54. The largest absolute Gasteiger partial charge is 0.455 e. The van der Waals surface area contributed by atoms with Gasteiger partial charge in [0.05, 0.1) is 5.92 Å². The van der Waals surface area contributed by atoms with Crippen molar-refractivity contribution in [3.05, 3.63) is 11.7 Å². The fourth-order valence-corrected chi connectivity index (χ4v) is 0.958. The summed E-state index contributed by atoms with van der Waals surface area (Å²) < 4.78 is 40.6. The molecule has 0 radical (unpaired) electrons. The number of nitrogens with two attached hydrogens (primary N) is 1. The molecule has 4 nitrogen and oxygen atoms in total. The fourth-order valence-electron chi connectivity index (χ4n) is 0.958. The van der Waals surface area contributed by atoms with Crippen LogP contribution in [0, 0.1) is 0 Å². The fraction of sp³-hybridized carbons (Fsp3) is 0.714. The molecule has 80 valence electrons. The van der Waals surface area contributed by atoms with Crippen LogP contribution in [0.15, 0.2) is 4.52 Å². The minimum atomic E-state index is -4.56. The van der Waals surface area contributed by atoms with Crippen molar-refractivity contribution in [3.8, 4) is 0 Å². The van der Waals surface area contributed by atoms with Crippen LogP contribution in [0.5, 0.6) is 0 Å².